The van der Waals surface area contributed by atoms with Crippen molar-refractivity contribution < 1.29 is 0 Å². The zero-order valence-corrected chi connectivity index (χ0v) is 14.2. The maximum absolute atomic E-state index is 3.54. The lowest BCUT2D eigenvalue weighted by Gasteiger charge is -2.03. The molecule has 0 nitrogen and oxygen atoms in total. The van der Waals surface area contributed by atoms with Crippen molar-refractivity contribution in [3.63, 3.8) is 0 Å². The predicted octanol–water partition coefficient (Wildman–Crippen LogP) is 5.97. The summed E-state index contributed by atoms with van der Waals surface area (Å²) in [6.07, 6.45) is 0. The standard InChI is InChI=1S/C12H7Br2IS/c13-8-1-3-9(4-2-8)16-10-5-6-12(15)11(14)7-10/h1-7H. The molecule has 0 saturated heterocycles. The lowest BCUT2D eigenvalue weighted by atomic mass is 10.4. The van der Waals surface area contributed by atoms with E-state index in [0.29, 0.717) is 0 Å². The first-order valence-corrected chi connectivity index (χ1v) is 8.02. The monoisotopic (exact) mass is 468 g/mol. The molecule has 0 spiro atoms. The summed E-state index contributed by atoms with van der Waals surface area (Å²) in [5.74, 6) is 0. The van der Waals surface area contributed by atoms with Gasteiger partial charge in [-0.1, -0.05) is 27.7 Å². The summed E-state index contributed by atoms with van der Waals surface area (Å²) in [7, 11) is 0. The lowest BCUT2D eigenvalue weighted by molar-refractivity contribution is 1.37. The van der Waals surface area contributed by atoms with Crippen LogP contribution in [0.25, 0.3) is 0 Å². The minimum Gasteiger partial charge on any atom is -0.0901 e. The number of rotatable bonds is 2. The molecule has 0 aliphatic carbocycles. The van der Waals surface area contributed by atoms with Crippen LogP contribution in [0.3, 0.4) is 0 Å². The Morgan fingerprint density at radius 1 is 0.875 bits per heavy atom. The van der Waals surface area contributed by atoms with Crippen LogP contribution in [0, 0.1) is 3.57 Å². The third-order valence-corrected chi connectivity index (χ3v) is 5.80. The van der Waals surface area contributed by atoms with Gasteiger partial charge in [-0.2, -0.15) is 0 Å². The van der Waals surface area contributed by atoms with Gasteiger partial charge in [0, 0.05) is 22.3 Å². The highest BCUT2D eigenvalue weighted by atomic mass is 127. The molecule has 16 heavy (non-hydrogen) atoms. The van der Waals surface area contributed by atoms with Crippen molar-refractivity contribution in [1.82, 2.24) is 0 Å². The number of halogens is 3. The molecule has 0 heterocycles. The summed E-state index contributed by atoms with van der Waals surface area (Å²) in [5.41, 5.74) is 0. The zero-order chi connectivity index (χ0) is 11.5. The third kappa shape index (κ3) is 3.48. The minimum atomic E-state index is 1.11. The van der Waals surface area contributed by atoms with Gasteiger partial charge >= 0.3 is 0 Å². The lowest BCUT2D eigenvalue weighted by Crippen LogP contribution is -1.77. The normalized spacial score (nSPS) is 10.4. The van der Waals surface area contributed by atoms with E-state index in [1.54, 1.807) is 11.8 Å². The molecule has 4 heteroatoms. The minimum absolute atomic E-state index is 1.11. The van der Waals surface area contributed by atoms with Crippen LogP contribution >= 0.6 is 66.2 Å². The maximum atomic E-state index is 3.54. The van der Waals surface area contributed by atoms with Gasteiger partial charge in [-0.05, 0) is 81.0 Å². The van der Waals surface area contributed by atoms with Crippen LogP contribution in [0.15, 0.2) is 61.2 Å². The van der Waals surface area contributed by atoms with Crippen LogP contribution in [0.4, 0.5) is 0 Å². The van der Waals surface area contributed by atoms with E-state index in [9.17, 15) is 0 Å². The maximum Gasteiger partial charge on any atom is 0.0320 e. The summed E-state index contributed by atoms with van der Waals surface area (Å²) in [5, 5.41) is 0. The van der Waals surface area contributed by atoms with Crippen molar-refractivity contribution in [3.05, 3.63) is 55.0 Å². The molecule has 0 bridgehead atoms. The van der Waals surface area contributed by atoms with Crippen molar-refractivity contribution in [2.24, 2.45) is 0 Å². The van der Waals surface area contributed by atoms with Gasteiger partial charge in [-0.3, -0.25) is 0 Å². The first kappa shape index (κ1) is 12.9. The fourth-order valence-electron chi connectivity index (χ4n) is 1.18. The van der Waals surface area contributed by atoms with Gasteiger partial charge in [-0.15, -0.1) is 0 Å². The van der Waals surface area contributed by atoms with Gasteiger partial charge in [0.25, 0.3) is 0 Å². The van der Waals surface area contributed by atoms with Crippen LogP contribution in [-0.4, -0.2) is 0 Å². The second-order valence-electron chi connectivity index (χ2n) is 3.13. The second kappa shape index (κ2) is 5.89. The highest BCUT2D eigenvalue weighted by Gasteiger charge is 2.01. The summed E-state index contributed by atoms with van der Waals surface area (Å²) in [4.78, 5) is 2.49. The van der Waals surface area contributed by atoms with Crippen molar-refractivity contribution in [2.45, 2.75) is 9.79 Å². The Hall–Kier alpha value is 0.480. The largest absolute Gasteiger partial charge is 0.0901 e. The van der Waals surface area contributed by atoms with E-state index < -0.39 is 0 Å². The molecule has 2 rings (SSSR count). The first-order valence-electron chi connectivity index (χ1n) is 4.53. The average Bonchev–Trinajstić information content (AvgIpc) is 2.27. The molecule has 0 saturated carbocycles. The molecule has 2 aromatic rings. The summed E-state index contributed by atoms with van der Waals surface area (Å²) < 4.78 is 3.49. The molecule has 0 aliphatic rings. The molecule has 0 unspecified atom stereocenters. The van der Waals surface area contributed by atoms with Crippen LogP contribution in [0.5, 0.6) is 0 Å². The predicted molar refractivity (Wildman–Crippen MR) is 85.1 cm³/mol. The van der Waals surface area contributed by atoms with Gasteiger partial charge in [0.15, 0.2) is 0 Å². The quantitative estimate of drug-likeness (QED) is 0.488. The summed E-state index contributed by atoms with van der Waals surface area (Å²) >= 11 is 11.1. The SMILES string of the molecule is Brc1ccc(Sc2ccc(I)c(Br)c2)cc1. The van der Waals surface area contributed by atoms with E-state index in [0.717, 1.165) is 8.95 Å². The number of benzene rings is 2. The van der Waals surface area contributed by atoms with Crippen molar-refractivity contribution in [3.8, 4) is 0 Å². The molecule has 0 N–H and O–H groups in total. The fourth-order valence-corrected chi connectivity index (χ4v) is 3.17. The number of hydrogen-bond acceptors (Lipinski definition) is 1. The van der Waals surface area contributed by atoms with Gasteiger partial charge in [0.2, 0.25) is 0 Å². The highest BCUT2D eigenvalue weighted by molar-refractivity contribution is 14.1. The van der Waals surface area contributed by atoms with Gasteiger partial charge in [-0.25, -0.2) is 0 Å². The molecular formula is C12H7Br2IS. The molecule has 2 aromatic carbocycles. The van der Waals surface area contributed by atoms with Gasteiger partial charge in [0.05, 0.1) is 0 Å². The smallest absolute Gasteiger partial charge is 0.0320 e. The average molecular weight is 470 g/mol. The molecule has 0 fully saturated rings. The van der Waals surface area contributed by atoms with E-state index >= 15 is 0 Å². The van der Waals surface area contributed by atoms with Crippen LogP contribution < -0.4 is 0 Å². The zero-order valence-electron chi connectivity index (χ0n) is 8.08. The molecule has 0 aromatic heterocycles. The fraction of sp³-hybridized carbons (Fsp3) is 0. The van der Waals surface area contributed by atoms with Crippen molar-refractivity contribution in [1.29, 1.82) is 0 Å². The highest BCUT2D eigenvalue weighted by Crippen LogP contribution is 2.31. The van der Waals surface area contributed by atoms with E-state index in [4.69, 9.17) is 0 Å². The Bertz CT molecular complexity index is 497. The Morgan fingerprint density at radius 2 is 1.50 bits per heavy atom. The Morgan fingerprint density at radius 3 is 2.12 bits per heavy atom. The Balaban J connectivity index is 2.20. The third-order valence-electron chi connectivity index (χ3n) is 1.94. The van der Waals surface area contributed by atoms with E-state index in [-0.39, 0.29) is 0 Å². The summed E-state index contributed by atoms with van der Waals surface area (Å²) in [6.45, 7) is 0. The molecule has 0 atom stereocenters. The molecular weight excluding hydrogens is 463 g/mol. The van der Waals surface area contributed by atoms with Crippen molar-refractivity contribution >= 4 is 66.2 Å². The molecule has 0 amide bonds. The van der Waals surface area contributed by atoms with Crippen LogP contribution in [0.2, 0.25) is 0 Å². The topological polar surface area (TPSA) is 0 Å². The van der Waals surface area contributed by atoms with Gasteiger partial charge in [0.1, 0.15) is 0 Å². The van der Waals surface area contributed by atoms with E-state index in [1.807, 2.05) is 0 Å². The van der Waals surface area contributed by atoms with Gasteiger partial charge < -0.3 is 0 Å². The van der Waals surface area contributed by atoms with E-state index in [2.05, 4.69) is 96.9 Å². The van der Waals surface area contributed by atoms with Crippen LogP contribution in [-0.2, 0) is 0 Å². The van der Waals surface area contributed by atoms with E-state index in [1.165, 1.54) is 13.4 Å². The molecule has 0 aliphatic heterocycles. The second-order valence-corrected chi connectivity index (χ2v) is 7.21. The first-order chi connectivity index (χ1) is 7.65. The molecule has 0 radical (unpaired) electrons. The number of hydrogen-bond donors (Lipinski definition) is 0. The summed E-state index contributed by atoms with van der Waals surface area (Å²) in [6, 6.07) is 14.7. The van der Waals surface area contributed by atoms with Crippen LogP contribution in [0.1, 0.15) is 0 Å². The van der Waals surface area contributed by atoms with Crippen molar-refractivity contribution in [2.75, 3.05) is 0 Å². The Kier molecular flexibility index (Phi) is 4.76. The Labute approximate surface area is 130 Å². The molecule has 82 valence electrons.